The maximum Gasteiger partial charge on any atom is 0.258 e. The Kier molecular flexibility index (Phi) is 4.01. The number of nitrogens with zero attached hydrogens (tertiary/aromatic N) is 4. The summed E-state index contributed by atoms with van der Waals surface area (Å²) in [6.45, 7) is 2.46. The minimum atomic E-state index is 0.0401. The molecule has 8 nitrogen and oxygen atoms in total. The zero-order chi connectivity index (χ0) is 11.3. The van der Waals surface area contributed by atoms with Gasteiger partial charge in [0.15, 0.2) is 0 Å². The first-order valence-corrected chi connectivity index (χ1v) is 4.33. The summed E-state index contributed by atoms with van der Waals surface area (Å²) in [4.78, 5) is 16.6. The van der Waals surface area contributed by atoms with Gasteiger partial charge in [-0.15, -0.1) is 0 Å². The SMILES string of the molecule is CCON(COC)c1nc(N)nc(N)n1. The fourth-order valence-electron chi connectivity index (χ4n) is 0.935. The van der Waals surface area contributed by atoms with Crippen LogP contribution in [0.1, 0.15) is 6.92 Å². The van der Waals surface area contributed by atoms with Gasteiger partial charge in [-0.2, -0.15) is 20.0 Å². The van der Waals surface area contributed by atoms with Crippen molar-refractivity contribution in [2.24, 2.45) is 0 Å². The smallest absolute Gasteiger partial charge is 0.258 e. The van der Waals surface area contributed by atoms with Crippen molar-refractivity contribution < 1.29 is 9.57 Å². The highest BCUT2D eigenvalue weighted by molar-refractivity contribution is 5.37. The highest BCUT2D eigenvalue weighted by Crippen LogP contribution is 2.10. The Bertz CT molecular complexity index is 294. The molecule has 0 bridgehead atoms. The van der Waals surface area contributed by atoms with Crippen molar-refractivity contribution in [1.29, 1.82) is 0 Å². The maximum atomic E-state index is 5.42. The third kappa shape index (κ3) is 3.18. The van der Waals surface area contributed by atoms with Crippen molar-refractivity contribution in [2.75, 3.05) is 37.0 Å². The number of ether oxygens (including phenoxy) is 1. The average molecular weight is 214 g/mol. The molecule has 8 heteroatoms. The third-order valence-electron chi connectivity index (χ3n) is 1.41. The Morgan fingerprint density at radius 2 is 1.80 bits per heavy atom. The standard InChI is InChI=1S/C7H14N6O2/c1-3-15-13(4-14-2)7-11-5(8)10-6(9)12-7/h3-4H2,1-2H3,(H4,8,9,10,11,12). The number of anilines is 3. The van der Waals surface area contributed by atoms with Crippen LogP contribution in [0.3, 0.4) is 0 Å². The monoisotopic (exact) mass is 214 g/mol. The van der Waals surface area contributed by atoms with Gasteiger partial charge < -0.3 is 16.2 Å². The molecule has 4 N–H and O–H groups in total. The summed E-state index contributed by atoms with van der Waals surface area (Å²) >= 11 is 0. The summed E-state index contributed by atoms with van der Waals surface area (Å²) in [5, 5.41) is 1.34. The molecule has 0 saturated heterocycles. The van der Waals surface area contributed by atoms with Crippen LogP contribution in [0.4, 0.5) is 17.8 Å². The Morgan fingerprint density at radius 3 is 2.27 bits per heavy atom. The molecule has 0 amide bonds. The summed E-state index contributed by atoms with van der Waals surface area (Å²) in [6, 6.07) is 0. The van der Waals surface area contributed by atoms with Crippen molar-refractivity contribution in [3.05, 3.63) is 0 Å². The molecule has 0 aliphatic carbocycles. The van der Waals surface area contributed by atoms with Gasteiger partial charge in [-0.1, -0.05) is 0 Å². The van der Waals surface area contributed by atoms with E-state index >= 15 is 0 Å². The number of nitrogen functional groups attached to an aromatic ring is 2. The Morgan fingerprint density at radius 1 is 1.20 bits per heavy atom. The van der Waals surface area contributed by atoms with Crippen LogP contribution >= 0.6 is 0 Å². The molecule has 0 saturated carbocycles. The van der Waals surface area contributed by atoms with Crippen LogP contribution in [-0.4, -0.2) is 35.4 Å². The predicted octanol–water partition coefficient (Wildman–Crippen LogP) is -0.602. The lowest BCUT2D eigenvalue weighted by molar-refractivity contribution is 0.0458. The summed E-state index contributed by atoms with van der Waals surface area (Å²) in [7, 11) is 1.53. The van der Waals surface area contributed by atoms with Crippen LogP contribution in [-0.2, 0) is 9.57 Å². The number of methoxy groups -OCH3 is 1. The van der Waals surface area contributed by atoms with E-state index in [2.05, 4.69) is 15.0 Å². The zero-order valence-corrected chi connectivity index (χ0v) is 8.67. The highest BCUT2D eigenvalue weighted by atomic mass is 16.7. The van der Waals surface area contributed by atoms with Crippen LogP contribution in [0.5, 0.6) is 0 Å². The maximum absolute atomic E-state index is 5.42. The lowest BCUT2D eigenvalue weighted by atomic mass is 10.8. The molecule has 0 fully saturated rings. The summed E-state index contributed by atoms with van der Waals surface area (Å²) in [5.41, 5.74) is 10.8. The lowest BCUT2D eigenvalue weighted by Crippen LogP contribution is -2.28. The second-order valence-electron chi connectivity index (χ2n) is 2.57. The number of hydroxylamine groups is 1. The molecule has 1 aromatic heterocycles. The second-order valence-corrected chi connectivity index (χ2v) is 2.57. The van der Waals surface area contributed by atoms with Crippen LogP contribution in [0, 0.1) is 0 Å². The first kappa shape index (κ1) is 11.4. The largest absolute Gasteiger partial charge is 0.368 e. The normalized spacial score (nSPS) is 10.3. The van der Waals surface area contributed by atoms with E-state index < -0.39 is 0 Å². The zero-order valence-electron chi connectivity index (χ0n) is 8.67. The number of aromatic nitrogens is 3. The van der Waals surface area contributed by atoms with Crippen LogP contribution in [0.15, 0.2) is 0 Å². The predicted molar refractivity (Wildman–Crippen MR) is 54.6 cm³/mol. The van der Waals surface area contributed by atoms with E-state index in [4.69, 9.17) is 21.0 Å². The van der Waals surface area contributed by atoms with Crippen molar-refractivity contribution in [3.8, 4) is 0 Å². The van der Waals surface area contributed by atoms with Gasteiger partial charge in [-0.05, 0) is 6.92 Å². The van der Waals surface area contributed by atoms with Crippen molar-refractivity contribution in [3.63, 3.8) is 0 Å². The second kappa shape index (κ2) is 5.27. The number of hydrogen-bond acceptors (Lipinski definition) is 8. The molecule has 0 aliphatic rings. The van der Waals surface area contributed by atoms with Crippen molar-refractivity contribution in [1.82, 2.24) is 15.0 Å². The molecular weight excluding hydrogens is 200 g/mol. The molecule has 0 atom stereocenters. The van der Waals surface area contributed by atoms with Crippen molar-refractivity contribution in [2.45, 2.75) is 6.92 Å². The van der Waals surface area contributed by atoms with Crippen LogP contribution in [0.2, 0.25) is 0 Å². The number of hydrogen-bond donors (Lipinski definition) is 2. The number of rotatable bonds is 5. The molecule has 1 heterocycles. The number of nitrogens with two attached hydrogens (primary N) is 2. The van der Waals surface area contributed by atoms with Crippen molar-refractivity contribution >= 4 is 17.8 Å². The van der Waals surface area contributed by atoms with Gasteiger partial charge in [0.1, 0.15) is 6.73 Å². The van der Waals surface area contributed by atoms with Gasteiger partial charge in [-0.25, -0.2) is 0 Å². The minimum absolute atomic E-state index is 0.0401. The summed E-state index contributed by atoms with van der Waals surface area (Å²) in [5.74, 6) is 0.306. The van der Waals surface area contributed by atoms with Gasteiger partial charge in [0.2, 0.25) is 11.9 Å². The Balaban J connectivity index is 2.88. The quantitative estimate of drug-likeness (QED) is 0.493. The van der Waals surface area contributed by atoms with E-state index in [1.807, 2.05) is 6.92 Å². The Labute approximate surface area is 87.2 Å². The molecule has 0 unspecified atom stereocenters. The van der Waals surface area contributed by atoms with Crippen LogP contribution < -0.4 is 16.5 Å². The summed E-state index contributed by atoms with van der Waals surface area (Å²) < 4.78 is 4.91. The van der Waals surface area contributed by atoms with Gasteiger partial charge in [0.05, 0.1) is 6.61 Å². The third-order valence-corrected chi connectivity index (χ3v) is 1.41. The Hall–Kier alpha value is -1.67. The van der Waals surface area contributed by atoms with E-state index in [0.29, 0.717) is 6.61 Å². The van der Waals surface area contributed by atoms with Crippen LogP contribution in [0.25, 0.3) is 0 Å². The van der Waals surface area contributed by atoms with Gasteiger partial charge in [-0.3, -0.25) is 4.84 Å². The molecule has 1 rings (SSSR count). The highest BCUT2D eigenvalue weighted by Gasteiger charge is 2.11. The lowest BCUT2D eigenvalue weighted by Gasteiger charge is -2.19. The van der Waals surface area contributed by atoms with E-state index in [-0.39, 0.29) is 24.6 Å². The van der Waals surface area contributed by atoms with E-state index in [1.54, 1.807) is 0 Å². The van der Waals surface area contributed by atoms with E-state index in [9.17, 15) is 0 Å². The molecule has 0 spiro atoms. The molecule has 84 valence electrons. The van der Waals surface area contributed by atoms with E-state index in [1.165, 1.54) is 12.2 Å². The van der Waals surface area contributed by atoms with Gasteiger partial charge >= 0.3 is 0 Å². The first-order chi connectivity index (χ1) is 7.17. The van der Waals surface area contributed by atoms with E-state index in [0.717, 1.165) is 0 Å². The molecule has 0 aromatic carbocycles. The van der Waals surface area contributed by atoms with Gasteiger partial charge in [0, 0.05) is 7.11 Å². The average Bonchev–Trinajstić information content (AvgIpc) is 2.16. The molecule has 0 radical (unpaired) electrons. The molecule has 0 aliphatic heterocycles. The first-order valence-electron chi connectivity index (χ1n) is 4.33. The molecule has 1 aromatic rings. The fourth-order valence-corrected chi connectivity index (χ4v) is 0.935. The molecule has 15 heavy (non-hydrogen) atoms. The topological polar surface area (TPSA) is 112 Å². The fraction of sp³-hybridized carbons (Fsp3) is 0.571. The minimum Gasteiger partial charge on any atom is -0.368 e. The van der Waals surface area contributed by atoms with Gasteiger partial charge in [0.25, 0.3) is 5.95 Å². The molecular formula is C7H14N6O2. The summed E-state index contributed by atoms with van der Waals surface area (Å²) in [6.07, 6.45) is 0.